The van der Waals surface area contributed by atoms with Crippen LogP contribution in [-0.4, -0.2) is 31.4 Å². The number of halogens is 1. The Morgan fingerprint density at radius 2 is 2.06 bits per heavy atom. The van der Waals surface area contributed by atoms with Gasteiger partial charge in [-0.25, -0.2) is 0 Å². The van der Waals surface area contributed by atoms with Gasteiger partial charge in [0.15, 0.2) is 0 Å². The Kier molecular flexibility index (Phi) is 3.31. The van der Waals surface area contributed by atoms with Gasteiger partial charge in [0.2, 0.25) is 5.82 Å². The second-order valence-electron chi connectivity index (χ2n) is 3.52. The number of aliphatic hydroxyl groups is 1. The molecule has 0 aliphatic carbocycles. The second-order valence-corrected chi connectivity index (χ2v) is 4.44. The van der Waals surface area contributed by atoms with Gasteiger partial charge >= 0.3 is 0 Å². The number of tetrazole rings is 1. The van der Waals surface area contributed by atoms with Gasteiger partial charge in [-0.3, -0.25) is 0 Å². The summed E-state index contributed by atoms with van der Waals surface area (Å²) in [6.07, 6.45) is -0.480. The van der Waals surface area contributed by atoms with Gasteiger partial charge in [-0.15, -0.1) is 10.2 Å². The highest BCUT2D eigenvalue weighted by Gasteiger charge is 2.06. The molecule has 0 spiro atoms. The van der Waals surface area contributed by atoms with E-state index in [1.165, 1.54) is 4.80 Å². The summed E-state index contributed by atoms with van der Waals surface area (Å²) in [5.41, 5.74) is 0.903. The van der Waals surface area contributed by atoms with Crippen LogP contribution >= 0.6 is 15.9 Å². The van der Waals surface area contributed by atoms with Crippen LogP contribution < -0.4 is 0 Å². The van der Waals surface area contributed by atoms with E-state index in [-0.39, 0.29) is 0 Å². The predicted octanol–water partition coefficient (Wildman–Crippen LogP) is 1.48. The minimum atomic E-state index is -0.480. The molecule has 6 heteroatoms. The zero-order valence-electron chi connectivity index (χ0n) is 8.71. The van der Waals surface area contributed by atoms with Gasteiger partial charge in [0.1, 0.15) is 0 Å². The number of hydrogen-bond acceptors (Lipinski definition) is 4. The normalized spacial score (nSPS) is 12.7. The van der Waals surface area contributed by atoms with E-state index < -0.39 is 6.10 Å². The molecule has 0 fully saturated rings. The van der Waals surface area contributed by atoms with Gasteiger partial charge in [0, 0.05) is 10.0 Å². The predicted molar refractivity (Wildman–Crippen MR) is 62.6 cm³/mol. The van der Waals surface area contributed by atoms with Crippen molar-refractivity contribution >= 4 is 15.9 Å². The minimum absolute atomic E-state index is 0.351. The van der Waals surface area contributed by atoms with Gasteiger partial charge in [-0.05, 0) is 36.4 Å². The molecule has 0 aliphatic heterocycles. The van der Waals surface area contributed by atoms with Gasteiger partial charge in [0.25, 0.3) is 0 Å². The Balaban J connectivity index is 2.21. The Hall–Kier alpha value is -1.27. The standard InChI is InChI=1S/C10H11BrN4O/c1-7(16)6-15-13-10(12-14-15)8-2-4-9(11)5-3-8/h2-5,7,16H,6H2,1H3. The fourth-order valence-corrected chi connectivity index (χ4v) is 1.54. The van der Waals surface area contributed by atoms with Crippen LogP contribution in [0.5, 0.6) is 0 Å². The van der Waals surface area contributed by atoms with Crippen LogP contribution in [-0.2, 0) is 6.54 Å². The van der Waals surface area contributed by atoms with Crippen LogP contribution in [0.25, 0.3) is 11.4 Å². The quantitative estimate of drug-likeness (QED) is 0.926. The Bertz CT molecular complexity index is 466. The lowest BCUT2D eigenvalue weighted by molar-refractivity contribution is 0.161. The monoisotopic (exact) mass is 282 g/mol. The molecule has 0 aliphatic rings. The number of nitrogens with zero attached hydrogens (tertiary/aromatic N) is 4. The third kappa shape index (κ3) is 2.65. The van der Waals surface area contributed by atoms with Crippen molar-refractivity contribution in [3.63, 3.8) is 0 Å². The molecule has 0 saturated heterocycles. The molecule has 0 amide bonds. The molecule has 2 aromatic rings. The average Bonchev–Trinajstić information content (AvgIpc) is 2.66. The van der Waals surface area contributed by atoms with Crippen LogP contribution in [0.4, 0.5) is 0 Å². The largest absolute Gasteiger partial charge is 0.391 e. The summed E-state index contributed by atoms with van der Waals surface area (Å²) in [5.74, 6) is 0.563. The van der Waals surface area contributed by atoms with E-state index in [2.05, 4.69) is 31.3 Å². The first-order valence-corrected chi connectivity index (χ1v) is 5.66. The molecule has 0 radical (unpaired) electrons. The van der Waals surface area contributed by atoms with Crippen molar-refractivity contribution in [3.8, 4) is 11.4 Å². The minimum Gasteiger partial charge on any atom is -0.391 e. The summed E-state index contributed by atoms with van der Waals surface area (Å²) < 4.78 is 1.01. The summed E-state index contributed by atoms with van der Waals surface area (Å²) in [7, 11) is 0. The molecule has 5 nitrogen and oxygen atoms in total. The Morgan fingerprint density at radius 3 is 2.69 bits per heavy atom. The fourth-order valence-electron chi connectivity index (χ4n) is 1.27. The highest BCUT2D eigenvalue weighted by molar-refractivity contribution is 9.10. The maximum absolute atomic E-state index is 9.19. The van der Waals surface area contributed by atoms with E-state index in [0.717, 1.165) is 10.0 Å². The summed E-state index contributed by atoms with van der Waals surface area (Å²) in [6.45, 7) is 2.03. The third-order valence-corrected chi connectivity index (χ3v) is 2.51. The Morgan fingerprint density at radius 1 is 1.38 bits per heavy atom. The summed E-state index contributed by atoms with van der Waals surface area (Å²) in [4.78, 5) is 1.39. The summed E-state index contributed by atoms with van der Waals surface area (Å²) >= 11 is 3.36. The number of rotatable bonds is 3. The molecule has 16 heavy (non-hydrogen) atoms. The van der Waals surface area contributed by atoms with Crippen molar-refractivity contribution in [1.29, 1.82) is 0 Å². The van der Waals surface area contributed by atoms with Gasteiger partial charge < -0.3 is 5.11 Å². The maximum Gasteiger partial charge on any atom is 0.204 e. The van der Waals surface area contributed by atoms with E-state index in [0.29, 0.717) is 12.4 Å². The highest BCUT2D eigenvalue weighted by atomic mass is 79.9. The van der Waals surface area contributed by atoms with Crippen LogP contribution in [0.3, 0.4) is 0 Å². The Labute approximate surface area is 101 Å². The first kappa shape index (κ1) is 11.2. The average molecular weight is 283 g/mol. The zero-order chi connectivity index (χ0) is 11.5. The summed E-state index contributed by atoms with van der Waals surface area (Å²) in [6, 6.07) is 7.66. The number of benzene rings is 1. The first-order valence-electron chi connectivity index (χ1n) is 4.87. The maximum atomic E-state index is 9.19. The highest BCUT2D eigenvalue weighted by Crippen LogP contribution is 2.17. The first-order chi connectivity index (χ1) is 7.65. The molecular weight excluding hydrogens is 272 g/mol. The van der Waals surface area contributed by atoms with E-state index in [1.807, 2.05) is 24.3 Å². The molecule has 1 atom stereocenters. The van der Waals surface area contributed by atoms with E-state index in [1.54, 1.807) is 6.92 Å². The van der Waals surface area contributed by atoms with Crippen molar-refractivity contribution in [2.75, 3.05) is 0 Å². The lowest BCUT2D eigenvalue weighted by Gasteiger charge is -1.99. The van der Waals surface area contributed by atoms with E-state index >= 15 is 0 Å². The van der Waals surface area contributed by atoms with Crippen molar-refractivity contribution in [2.24, 2.45) is 0 Å². The molecule has 1 heterocycles. The van der Waals surface area contributed by atoms with Gasteiger partial charge in [-0.1, -0.05) is 15.9 Å². The molecule has 1 aromatic heterocycles. The molecule has 1 aromatic carbocycles. The molecule has 2 rings (SSSR count). The molecule has 0 bridgehead atoms. The van der Waals surface area contributed by atoms with Crippen LogP contribution in [0.2, 0.25) is 0 Å². The third-order valence-electron chi connectivity index (χ3n) is 1.98. The number of aliphatic hydroxyl groups excluding tert-OH is 1. The molecule has 0 saturated carbocycles. The number of aromatic nitrogens is 4. The lowest BCUT2D eigenvalue weighted by atomic mass is 10.2. The second kappa shape index (κ2) is 4.71. The van der Waals surface area contributed by atoms with Crippen LogP contribution in [0.1, 0.15) is 6.92 Å². The van der Waals surface area contributed by atoms with Crippen molar-refractivity contribution in [3.05, 3.63) is 28.7 Å². The van der Waals surface area contributed by atoms with Crippen molar-refractivity contribution in [2.45, 2.75) is 19.6 Å². The van der Waals surface area contributed by atoms with Gasteiger partial charge in [-0.2, -0.15) is 4.80 Å². The fraction of sp³-hybridized carbons (Fsp3) is 0.300. The van der Waals surface area contributed by atoms with Crippen molar-refractivity contribution < 1.29 is 5.11 Å². The van der Waals surface area contributed by atoms with E-state index in [9.17, 15) is 5.11 Å². The molecular formula is C10H11BrN4O. The van der Waals surface area contributed by atoms with Crippen molar-refractivity contribution in [1.82, 2.24) is 20.2 Å². The summed E-state index contributed by atoms with van der Waals surface area (Å²) in [5, 5.41) is 21.1. The molecule has 1 unspecified atom stereocenters. The zero-order valence-corrected chi connectivity index (χ0v) is 10.3. The van der Waals surface area contributed by atoms with Crippen LogP contribution in [0.15, 0.2) is 28.7 Å². The SMILES string of the molecule is CC(O)Cn1nnc(-c2ccc(Br)cc2)n1. The molecule has 1 N–H and O–H groups in total. The lowest BCUT2D eigenvalue weighted by Crippen LogP contribution is -2.14. The van der Waals surface area contributed by atoms with Gasteiger partial charge in [0.05, 0.1) is 12.6 Å². The van der Waals surface area contributed by atoms with Crippen LogP contribution in [0, 0.1) is 0 Å². The molecule has 84 valence electrons. The number of hydrogen-bond donors (Lipinski definition) is 1. The van der Waals surface area contributed by atoms with E-state index in [4.69, 9.17) is 0 Å². The topological polar surface area (TPSA) is 63.8 Å². The smallest absolute Gasteiger partial charge is 0.204 e.